The fraction of sp³-hybridized carbons (Fsp3) is 1.00. The highest BCUT2D eigenvalue weighted by Gasteiger charge is 2.05. The van der Waals surface area contributed by atoms with E-state index < -0.39 is 0 Å². The van der Waals surface area contributed by atoms with Crippen molar-refractivity contribution in [2.45, 2.75) is 213 Å². The van der Waals surface area contributed by atoms with Crippen molar-refractivity contribution >= 4 is 0 Å². The third-order valence-electron chi connectivity index (χ3n) is 9.94. The first-order valence-corrected chi connectivity index (χ1v) is 21.7. The lowest BCUT2D eigenvalue weighted by Gasteiger charge is -2.23. The molecule has 0 aliphatic rings. The molecule has 0 aromatic carbocycles. The molecule has 0 aromatic rings. The fourth-order valence-electron chi connectivity index (χ4n) is 6.63. The van der Waals surface area contributed by atoms with Gasteiger partial charge in [0, 0.05) is 39.3 Å². The topological polar surface area (TPSA) is 39.3 Å². The van der Waals surface area contributed by atoms with E-state index in [1.165, 1.54) is 232 Å². The van der Waals surface area contributed by atoms with E-state index in [1.54, 1.807) is 0 Å². The molecule has 0 saturated carbocycles. The molecule has 0 radical (unpaired) electrons. The van der Waals surface area contributed by atoms with E-state index in [1.807, 2.05) is 0 Å². The van der Waals surface area contributed by atoms with Gasteiger partial charge in [-0.25, -0.2) is 0 Å². The van der Waals surface area contributed by atoms with Gasteiger partial charge in [-0.3, -0.25) is 4.90 Å². The van der Waals surface area contributed by atoms with Gasteiger partial charge in [-0.05, 0) is 38.9 Å². The molecule has 0 atom stereocenters. The molecule has 0 aliphatic carbocycles. The van der Waals surface area contributed by atoms with Crippen LogP contribution in [0.5, 0.6) is 0 Å². The molecular formula is C42H90N4. The molecule has 0 fully saturated rings. The van der Waals surface area contributed by atoms with Gasteiger partial charge in [0.25, 0.3) is 0 Å². The van der Waals surface area contributed by atoms with Crippen molar-refractivity contribution in [1.82, 2.24) is 20.9 Å². The van der Waals surface area contributed by atoms with Crippen LogP contribution in [-0.4, -0.2) is 63.8 Å². The van der Waals surface area contributed by atoms with E-state index in [9.17, 15) is 0 Å². The molecule has 4 heteroatoms. The quantitative estimate of drug-likeness (QED) is 0.0575. The van der Waals surface area contributed by atoms with Gasteiger partial charge in [-0.2, -0.15) is 0 Å². The molecule has 0 aromatic heterocycles. The van der Waals surface area contributed by atoms with Crippen LogP contribution < -0.4 is 16.0 Å². The zero-order chi connectivity index (χ0) is 33.3. The second-order valence-electron chi connectivity index (χ2n) is 14.6. The third kappa shape index (κ3) is 40.0. The van der Waals surface area contributed by atoms with E-state index in [2.05, 4.69) is 41.6 Å². The summed E-state index contributed by atoms with van der Waals surface area (Å²) in [4.78, 5) is 2.68. The van der Waals surface area contributed by atoms with Crippen LogP contribution in [0.1, 0.15) is 213 Å². The molecule has 0 aliphatic heterocycles. The lowest BCUT2D eigenvalue weighted by atomic mass is 10.1. The summed E-state index contributed by atoms with van der Waals surface area (Å²) >= 11 is 0. The van der Waals surface area contributed by atoms with Gasteiger partial charge in [0.05, 0.1) is 0 Å². The number of unbranched alkanes of at least 4 members (excludes halogenated alkanes) is 27. The molecule has 46 heavy (non-hydrogen) atoms. The Morgan fingerprint density at radius 1 is 0.239 bits per heavy atom. The molecule has 0 heterocycles. The van der Waals surface area contributed by atoms with Crippen LogP contribution in [0.3, 0.4) is 0 Å². The minimum absolute atomic E-state index is 1.13. The SMILES string of the molecule is CCCCCCCCCCCCNCCN(CCNCCCCCCCCCCCC)CCNCCCCCCCCCCCC. The third-order valence-corrected chi connectivity index (χ3v) is 9.94. The Labute approximate surface area is 292 Å². The van der Waals surface area contributed by atoms with Crippen molar-refractivity contribution in [3.05, 3.63) is 0 Å². The maximum atomic E-state index is 3.76. The first-order valence-electron chi connectivity index (χ1n) is 21.7. The fourth-order valence-corrected chi connectivity index (χ4v) is 6.63. The second kappa shape index (κ2) is 42.9. The Morgan fingerprint density at radius 2 is 0.435 bits per heavy atom. The van der Waals surface area contributed by atoms with Gasteiger partial charge < -0.3 is 16.0 Å². The first kappa shape index (κ1) is 45.8. The smallest absolute Gasteiger partial charge is 0.0108 e. The molecule has 0 rings (SSSR count). The number of rotatable bonds is 42. The lowest BCUT2D eigenvalue weighted by Crippen LogP contribution is -2.41. The van der Waals surface area contributed by atoms with Gasteiger partial charge in [0.15, 0.2) is 0 Å². The van der Waals surface area contributed by atoms with E-state index in [-0.39, 0.29) is 0 Å². The Morgan fingerprint density at radius 3 is 0.652 bits per heavy atom. The highest BCUT2D eigenvalue weighted by molar-refractivity contribution is 4.65. The predicted octanol–water partition coefficient (Wildman–Crippen LogP) is 11.8. The maximum absolute atomic E-state index is 3.76. The molecular weight excluding hydrogens is 560 g/mol. The summed E-state index contributed by atoms with van der Waals surface area (Å²) in [5.41, 5.74) is 0. The molecule has 278 valence electrons. The average Bonchev–Trinajstić information content (AvgIpc) is 3.07. The van der Waals surface area contributed by atoms with E-state index >= 15 is 0 Å². The van der Waals surface area contributed by atoms with Crippen molar-refractivity contribution in [3.63, 3.8) is 0 Å². The van der Waals surface area contributed by atoms with Crippen LogP contribution in [-0.2, 0) is 0 Å². The van der Waals surface area contributed by atoms with E-state index in [0.717, 1.165) is 19.6 Å². The van der Waals surface area contributed by atoms with Crippen LogP contribution in [0.15, 0.2) is 0 Å². The Bertz CT molecular complexity index is 443. The molecule has 0 bridgehead atoms. The van der Waals surface area contributed by atoms with Gasteiger partial charge in [0.1, 0.15) is 0 Å². The van der Waals surface area contributed by atoms with E-state index in [4.69, 9.17) is 0 Å². The van der Waals surface area contributed by atoms with Crippen molar-refractivity contribution in [3.8, 4) is 0 Å². The molecule has 3 N–H and O–H groups in total. The van der Waals surface area contributed by atoms with Crippen LogP contribution in [0, 0.1) is 0 Å². The zero-order valence-corrected chi connectivity index (χ0v) is 32.5. The van der Waals surface area contributed by atoms with Crippen LogP contribution >= 0.6 is 0 Å². The van der Waals surface area contributed by atoms with Crippen LogP contribution in [0.2, 0.25) is 0 Å². The van der Waals surface area contributed by atoms with Gasteiger partial charge >= 0.3 is 0 Å². The first-order chi connectivity index (χ1) is 22.8. The van der Waals surface area contributed by atoms with Gasteiger partial charge in [-0.15, -0.1) is 0 Å². The number of hydrogen-bond donors (Lipinski definition) is 3. The minimum Gasteiger partial charge on any atom is -0.315 e. The Kier molecular flexibility index (Phi) is 42.7. The lowest BCUT2D eigenvalue weighted by molar-refractivity contribution is 0.271. The van der Waals surface area contributed by atoms with Crippen molar-refractivity contribution in [2.24, 2.45) is 0 Å². The predicted molar refractivity (Wildman–Crippen MR) is 211 cm³/mol. The minimum atomic E-state index is 1.13. The Balaban J connectivity index is 3.91. The number of hydrogen-bond acceptors (Lipinski definition) is 4. The normalized spacial score (nSPS) is 11.7. The molecule has 0 unspecified atom stereocenters. The summed E-state index contributed by atoms with van der Waals surface area (Å²) in [6.07, 6.45) is 42.6. The van der Waals surface area contributed by atoms with Crippen molar-refractivity contribution in [2.75, 3.05) is 58.9 Å². The summed E-state index contributed by atoms with van der Waals surface area (Å²) in [5.74, 6) is 0. The van der Waals surface area contributed by atoms with Crippen molar-refractivity contribution in [1.29, 1.82) is 0 Å². The van der Waals surface area contributed by atoms with Gasteiger partial charge in [-0.1, -0.05) is 194 Å². The average molecular weight is 651 g/mol. The standard InChI is InChI=1S/C42H90N4/c1-4-7-10-13-16-19-22-25-28-31-34-43-37-40-46(41-38-44-35-32-29-26-23-20-17-14-11-8-5-2)42-39-45-36-33-30-27-24-21-18-15-12-9-6-3/h43-45H,4-42H2,1-3H3. The highest BCUT2D eigenvalue weighted by atomic mass is 15.2. The monoisotopic (exact) mass is 651 g/mol. The molecule has 0 amide bonds. The summed E-state index contributed by atoms with van der Waals surface area (Å²) < 4.78 is 0. The number of nitrogens with one attached hydrogen (secondary N) is 3. The maximum Gasteiger partial charge on any atom is 0.0108 e. The molecule has 4 nitrogen and oxygen atoms in total. The molecule has 0 spiro atoms. The van der Waals surface area contributed by atoms with Crippen molar-refractivity contribution < 1.29 is 0 Å². The van der Waals surface area contributed by atoms with Crippen LogP contribution in [0.25, 0.3) is 0 Å². The summed E-state index contributed by atoms with van der Waals surface area (Å²) in [6, 6.07) is 0. The zero-order valence-electron chi connectivity index (χ0n) is 32.5. The summed E-state index contributed by atoms with van der Waals surface area (Å²) in [5, 5.41) is 11.3. The second-order valence-corrected chi connectivity index (χ2v) is 14.6. The van der Waals surface area contributed by atoms with Gasteiger partial charge in [0.2, 0.25) is 0 Å². The van der Waals surface area contributed by atoms with Crippen LogP contribution in [0.4, 0.5) is 0 Å². The Hall–Kier alpha value is -0.160. The summed E-state index contributed by atoms with van der Waals surface area (Å²) in [7, 11) is 0. The number of nitrogens with zero attached hydrogens (tertiary/aromatic N) is 1. The largest absolute Gasteiger partial charge is 0.315 e. The van der Waals surface area contributed by atoms with E-state index in [0.29, 0.717) is 0 Å². The molecule has 0 saturated heterocycles. The highest BCUT2D eigenvalue weighted by Crippen LogP contribution is 2.12. The summed E-state index contributed by atoms with van der Waals surface area (Å²) in [6.45, 7) is 17.4.